The molecule has 2 saturated carbocycles. The molecule has 140 valence electrons. The summed E-state index contributed by atoms with van der Waals surface area (Å²) in [6.45, 7) is 0.359. The summed E-state index contributed by atoms with van der Waals surface area (Å²) in [4.78, 5) is 0. The lowest BCUT2D eigenvalue weighted by atomic mass is 9.65. The number of ether oxygens (including phenoxy) is 2. The van der Waals surface area contributed by atoms with Crippen LogP contribution in [0.5, 0.6) is 5.75 Å². The van der Waals surface area contributed by atoms with Crippen LogP contribution in [-0.2, 0) is 4.74 Å². The molecular formula is C21H30F2O2. The van der Waals surface area contributed by atoms with E-state index in [1.54, 1.807) is 12.1 Å². The maximum Gasteiger partial charge on any atom is 0.387 e. The van der Waals surface area contributed by atoms with Crippen molar-refractivity contribution in [1.82, 2.24) is 0 Å². The number of hydrogen-bond donors (Lipinski definition) is 0. The maximum atomic E-state index is 12.3. The Balaban J connectivity index is 1.50. The number of benzene rings is 1. The van der Waals surface area contributed by atoms with Crippen molar-refractivity contribution in [3.63, 3.8) is 0 Å². The summed E-state index contributed by atoms with van der Waals surface area (Å²) < 4.78 is 35.0. The van der Waals surface area contributed by atoms with E-state index in [9.17, 15) is 8.78 Å². The van der Waals surface area contributed by atoms with Crippen LogP contribution < -0.4 is 4.74 Å². The lowest BCUT2D eigenvalue weighted by Gasteiger charge is -2.42. The van der Waals surface area contributed by atoms with E-state index in [0.717, 1.165) is 24.9 Å². The Kier molecular flexibility index (Phi) is 6.69. The van der Waals surface area contributed by atoms with Gasteiger partial charge in [0.25, 0.3) is 0 Å². The molecule has 0 aliphatic heterocycles. The second-order valence-corrected chi connectivity index (χ2v) is 7.64. The lowest BCUT2D eigenvalue weighted by molar-refractivity contribution is -0.0498. The normalized spacial score (nSPS) is 29.4. The zero-order chi connectivity index (χ0) is 17.6. The van der Waals surface area contributed by atoms with Crippen LogP contribution in [0.2, 0.25) is 0 Å². The lowest BCUT2D eigenvalue weighted by Crippen LogP contribution is -2.33. The molecule has 1 aromatic rings. The fourth-order valence-corrected chi connectivity index (χ4v) is 4.62. The van der Waals surface area contributed by atoms with Gasteiger partial charge in [0.15, 0.2) is 0 Å². The Morgan fingerprint density at radius 2 is 1.72 bits per heavy atom. The Morgan fingerprint density at radius 1 is 1.00 bits per heavy atom. The molecule has 25 heavy (non-hydrogen) atoms. The molecule has 0 spiro atoms. The quantitative estimate of drug-likeness (QED) is 0.547. The molecule has 2 fully saturated rings. The van der Waals surface area contributed by atoms with Gasteiger partial charge in [0.2, 0.25) is 0 Å². The highest BCUT2D eigenvalue weighted by atomic mass is 19.3. The topological polar surface area (TPSA) is 18.5 Å². The van der Waals surface area contributed by atoms with Crippen molar-refractivity contribution in [3.05, 3.63) is 29.8 Å². The van der Waals surface area contributed by atoms with Gasteiger partial charge in [-0.15, -0.1) is 0 Å². The summed E-state index contributed by atoms with van der Waals surface area (Å²) in [6.07, 6.45) is 10.2. The second kappa shape index (κ2) is 8.98. The van der Waals surface area contributed by atoms with E-state index >= 15 is 0 Å². The number of halogens is 2. The summed E-state index contributed by atoms with van der Waals surface area (Å²) in [5.41, 5.74) is 1.27. The second-order valence-electron chi connectivity index (χ2n) is 7.64. The van der Waals surface area contributed by atoms with Crippen LogP contribution in [0.25, 0.3) is 0 Å². The van der Waals surface area contributed by atoms with E-state index in [0.29, 0.717) is 12.0 Å². The Morgan fingerprint density at radius 3 is 2.44 bits per heavy atom. The molecule has 0 N–H and O–H groups in total. The van der Waals surface area contributed by atoms with Crippen LogP contribution in [0.3, 0.4) is 0 Å². The van der Waals surface area contributed by atoms with Crippen molar-refractivity contribution >= 4 is 0 Å². The zero-order valence-corrected chi connectivity index (χ0v) is 15.1. The van der Waals surface area contributed by atoms with E-state index < -0.39 is 6.61 Å². The van der Waals surface area contributed by atoms with Gasteiger partial charge in [-0.2, -0.15) is 8.78 Å². The van der Waals surface area contributed by atoms with Gasteiger partial charge in [-0.05, 0) is 80.4 Å². The van der Waals surface area contributed by atoms with Crippen LogP contribution in [0.4, 0.5) is 8.78 Å². The van der Waals surface area contributed by atoms with E-state index in [2.05, 4.69) is 11.7 Å². The van der Waals surface area contributed by atoms with E-state index in [1.165, 1.54) is 50.5 Å². The standard InChI is InChI=1S/C21H30F2O2/c1-2-3-12-24-20-11-8-17-13-16(4-5-18(17)14-20)15-6-9-19(10-7-15)25-21(22)23/h6-7,9-10,16-18,20-21H,2-5,8,11-14H2,1H3. The molecule has 1 aromatic carbocycles. The number of alkyl halides is 2. The number of unbranched alkanes of at least 4 members (excludes halogenated alkanes) is 1. The minimum Gasteiger partial charge on any atom is -0.435 e. The highest BCUT2D eigenvalue weighted by molar-refractivity contribution is 5.30. The van der Waals surface area contributed by atoms with Gasteiger partial charge in [-0.25, -0.2) is 0 Å². The fourth-order valence-electron chi connectivity index (χ4n) is 4.62. The molecule has 0 aromatic heterocycles. The Bertz CT molecular complexity index is 517. The first-order valence-electron chi connectivity index (χ1n) is 9.82. The smallest absolute Gasteiger partial charge is 0.387 e. The monoisotopic (exact) mass is 352 g/mol. The van der Waals surface area contributed by atoms with Gasteiger partial charge >= 0.3 is 6.61 Å². The van der Waals surface area contributed by atoms with Crippen LogP contribution in [0.15, 0.2) is 24.3 Å². The minimum atomic E-state index is -2.75. The predicted molar refractivity (Wildman–Crippen MR) is 95.1 cm³/mol. The van der Waals surface area contributed by atoms with Crippen molar-refractivity contribution < 1.29 is 18.3 Å². The molecule has 4 heteroatoms. The molecule has 4 atom stereocenters. The molecular weight excluding hydrogens is 322 g/mol. The van der Waals surface area contributed by atoms with E-state index in [-0.39, 0.29) is 5.75 Å². The summed E-state index contributed by atoms with van der Waals surface area (Å²) in [5, 5.41) is 0. The highest BCUT2D eigenvalue weighted by Crippen LogP contribution is 2.46. The molecule has 0 heterocycles. The highest BCUT2D eigenvalue weighted by Gasteiger charge is 2.36. The van der Waals surface area contributed by atoms with Gasteiger partial charge in [0.1, 0.15) is 5.75 Å². The molecule has 0 saturated heterocycles. The first-order valence-corrected chi connectivity index (χ1v) is 9.82. The molecule has 2 aliphatic rings. The van der Waals surface area contributed by atoms with Crippen molar-refractivity contribution in [1.29, 1.82) is 0 Å². The first kappa shape index (κ1) is 18.6. The van der Waals surface area contributed by atoms with Crippen LogP contribution >= 0.6 is 0 Å². The average Bonchev–Trinajstić information content (AvgIpc) is 2.62. The molecule has 0 amide bonds. The average molecular weight is 352 g/mol. The van der Waals surface area contributed by atoms with Gasteiger partial charge in [0.05, 0.1) is 6.10 Å². The third-order valence-corrected chi connectivity index (χ3v) is 5.99. The summed E-state index contributed by atoms with van der Waals surface area (Å²) in [6, 6.07) is 7.27. The van der Waals surface area contributed by atoms with Crippen LogP contribution in [-0.4, -0.2) is 19.3 Å². The predicted octanol–water partition coefficient (Wildman–Crippen LogP) is 6.16. The molecule has 0 bridgehead atoms. The van der Waals surface area contributed by atoms with Crippen LogP contribution in [0.1, 0.15) is 69.8 Å². The van der Waals surface area contributed by atoms with Crippen LogP contribution in [0, 0.1) is 11.8 Å². The van der Waals surface area contributed by atoms with Crippen molar-refractivity contribution in [2.75, 3.05) is 6.61 Å². The first-order chi connectivity index (χ1) is 12.2. The van der Waals surface area contributed by atoms with Gasteiger partial charge < -0.3 is 9.47 Å². The van der Waals surface area contributed by atoms with Gasteiger partial charge in [-0.1, -0.05) is 25.5 Å². The molecule has 0 radical (unpaired) electrons. The summed E-state index contributed by atoms with van der Waals surface area (Å²) in [7, 11) is 0. The van der Waals surface area contributed by atoms with Crippen molar-refractivity contribution in [3.8, 4) is 5.75 Å². The number of hydrogen-bond acceptors (Lipinski definition) is 2. The SMILES string of the molecule is CCCCOC1CCC2CC(c3ccc(OC(F)F)cc3)CCC2C1. The van der Waals surface area contributed by atoms with E-state index in [1.807, 2.05) is 12.1 Å². The van der Waals surface area contributed by atoms with Gasteiger partial charge in [0, 0.05) is 6.61 Å². The largest absolute Gasteiger partial charge is 0.435 e. The summed E-state index contributed by atoms with van der Waals surface area (Å²) in [5.74, 6) is 2.40. The van der Waals surface area contributed by atoms with Crippen molar-refractivity contribution in [2.24, 2.45) is 11.8 Å². The third kappa shape index (κ3) is 5.16. The summed E-state index contributed by atoms with van der Waals surface area (Å²) >= 11 is 0. The number of rotatable bonds is 7. The molecule has 2 aliphatic carbocycles. The van der Waals surface area contributed by atoms with Crippen molar-refractivity contribution in [2.45, 2.75) is 76.9 Å². The molecule has 4 unspecified atom stereocenters. The molecule has 3 rings (SSSR count). The number of fused-ring (bicyclic) bond motifs is 1. The minimum absolute atomic E-state index is 0.247. The Labute approximate surface area is 149 Å². The maximum absolute atomic E-state index is 12.3. The fraction of sp³-hybridized carbons (Fsp3) is 0.714. The molecule has 2 nitrogen and oxygen atoms in total. The third-order valence-electron chi connectivity index (χ3n) is 5.99. The Hall–Kier alpha value is -1.16. The zero-order valence-electron chi connectivity index (χ0n) is 15.1. The van der Waals surface area contributed by atoms with Gasteiger partial charge in [-0.3, -0.25) is 0 Å². The van der Waals surface area contributed by atoms with E-state index in [4.69, 9.17) is 4.74 Å².